The van der Waals surface area contributed by atoms with Gasteiger partial charge in [-0.05, 0) is 61.7 Å². The van der Waals surface area contributed by atoms with E-state index in [-0.39, 0.29) is 35.1 Å². The molecule has 0 spiro atoms. The average molecular weight is 396 g/mol. The number of benzene rings is 2. The van der Waals surface area contributed by atoms with Gasteiger partial charge in [0, 0.05) is 12.2 Å². The van der Waals surface area contributed by atoms with Crippen molar-refractivity contribution in [2.75, 3.05) is 11.9 Å². The van der Waals surface area contributed by atoms with Crippen molar-refractivity contribution in [3.8, 4) is 5.75 Å². The molecular formula is C23H25FN2O3. The summed E-state index contributed by atoms with van der Waals surface area (Å²) < 4.78 is 19.0. The van der Waals surface area contributed by atoms with E-state index in [9.17, 15) is 14.0 Å². The van der Waals surface area contributed by atoms with Gasteiger partial charge in [0.25, 0.3) is 11.8 Å². The van der Waals surface area contributed by atoms with E-state index < -0.39 is 5.82 Å². The Morgan fingerprint density at radius 1 is 0.931 bits per heavy atom. The number of rotatable bonds is 7. The molecule has 0 atom stereocenters. The van der Waals surface area contributed by atoms with E-state index in [0.29, 0.717) is 23.5 Å². The molecule has 6 heteroatoms. The van der Waals surface area contributed by atoms with Crippen LogP contribution in [0.2, 0.25) is 0 Å². The minimum atomic E-state index is -0.402. The Morgan fingerprint density at radius 3 is 2.10 bits per heavy atom. The Balaban J connectivity index is 1.96. The molecule has 1 aliphatic rings. The van der Waals surface area contributed by atoms with E-state index in [1.807, 2.05) is 27.7 Å². The number of carbonyl (C=O) groups excluding carboxylic acids is 2. The van der Waals surface area contributed by atoms with E-state index >= 15 is 0 Å². The highest BCUT2D eigenvalue weighted by atomic mass is 19.1. The summed E-state index contributed by atoms with van der Waals surface area (Å²) >= 11 is 0. The Kier molecular flexibility index (Phi) is 6.01. The fraction of sp³-hybridized carbons (Fsp3) is 0.304. The molecule has 0 bridgehead atoms. The number of amides is 2. The highest BCUT2D eigenvalue weighted by molar-refractivity contribution is 6.36. The van der Waals surface area contributed by atoms with Crippen LogP contribution in [-0.2, 0) is 9.59 Å². The number of hydrogen-bond donors (Lipinski definition) is 1. The van der Waals surface area contributed by atoms with Crippen LogP contribution in [0.15, 0.2) is 54.2 Å². The zero-order valence-electron chi connectivity index (χ0n) is 17.0. The fourth-order valence-corrected chi connectivity index (χ4v) is 3.14. The predicted molar refractivity (Wildman–Crippen MR) is 111 cm³/mol. The van der Waals surface area contributed by atoms with Crippen molar-refractivity contribution < 1.29 is 18.7 Å². The van der Waals surface area contributed by atoms with Crippen molar-refractivity contribution in [3.05, 3.63) is 65.6 Å². The maximum Gasteiger partial charge on any atom is 0.278 e. The summed E-state index contributed by atoms with van der Waals surface area (Å²) in [5.41, 5.74) is 1.60. The summed E-state index contributed by atoms with van der Waals surface area (Å²) in [5, 5.41) is 3.09. The number of hydrogen-bond acceptors (Lipinski definition) is 4. The molecule has 3 rings (SSSR count). The van der Waals surface area contributed by atoms with Crippen molar-refractivity contribution in [3.63, 3.8) is 0 Å². The normalized spacial score (nSPS) is 14.4. The molecule has 0 fully saturated rings. The van der Waals surface area contributed by atoms with Gasteiger partial charge in [-0.15, -0.1) is 0 Å². The van der Waals surface area contributed by atoms with Gasteiger partial charge < -0.3 is 10.1 Å². The SMILES string of the molecule is CC(C)CN1C(=O)C(Nc2ccc(OC(C)C)cc2)=C(c2ccc(F)cc2)C1=O. The van der Waals surface area contributed by atoms with E-state index in [1.165, 1.54) is 29.2 Å². The minimum Gasteiger partial charge on any atom is -0.491 e. The molecule has 1 heterocycles. The lowest BCUT2D eigenvalue weighted by molar-refractivity contribution is -0.137. The van der Waals surface area contributed by atoms with Gasteiger partial charge in [-0.1, -0.05) is 26.0 Å². The lowest BCUT2D eigenvalue weighted by Crippen LogP contribution is -2.35. The van der Waals surface area contributed by atoms with Gasteiger partial charge in [-0.2, -0.15) is 0 Å². The highest BCUT2D eigenvalue weighted by Crippen LogP contribution is 2.31. The van der Waals surface area contributed by atoms with Gasteiger partial charge in [0.1, 0.15) is 17.3 Å². The zero-order valence-corrected chi connectivity index (χ0v) is 17.0. The van der Waals surface area contributed by atoms with Crippen LogP contribution in [0.5, 0.6) is 5.75 Å². The maximum absolute atomic E-state index is 13.4. The number of anilines is 1. The quantitative estimate of drug-likeness (QED) is 0.702. The predicted octanol–water partition coefficient (Wildman–Crippen LogP) is 4.46. The molecule has 0 saturated carbocycles. The number of ether oxygens (including phenoxy) is 1. The Morgan fingerprint density at radius 2 is 1.55 bits per heavy atom. The van der Waals surface area contributed by atoms with Crippen LogP contribution in [0, 0.1) is 11.7 Å². The van der Waals surface area contributed by atoms with Gasteiger partial charge in [0.2, 0.25) is 0 Å². The number of nitrogens with one attached hydrogen (secondary N) is 1. The Labute approximate surface area is 170 Å². The molecule has 2 aromatic rings. The molecule has 1 aliphatic heterocycles. The first-order valence-corrected chi connectivity index (χ1v) is 9.66. The molecule has 0 saturated heterocycles. The second-order valence-corrected chi connectivity index (χ2v) is 7.69. The lowest BCUT2D eigenvalue weighted by Gasteiger charge is -2.17. The van der Waals surface area contributed by atoms with Crippen LogP contribution >= 0.6 is 0 Å². The van der Waals surface area contributed by atoms with E-state index in [0.717, 1.165) is 0 Å². The second-order valence-electron chi connectivity index (χ2n) is 7.69. The second kappa shape index (κ2) is 8.47. The summed E-state index contributed by atoms with van der Waals surface area (Å²) in [4.78, 5) is 27.2. The summed E-state index contributed by atoms with van der Waals surface area (Å²) in [7, 11) is 0. The third-order valence-corrected chi connectivity index (χ3v) is 4.34. The van der Waals surface area contributed by atoms with Gasteiger partial charge in [-0.25, -0.2) is 4.39 Å². The third-order valence-electron chi connectivity index (χ3n) is 4.34. The summed E-state index contributed by atoms with van der Waals surface area (Å²) in [6.45, 7) is 8.08. The topological polar surface area (TPSA) is 58.6 Å². The monoisotopic (exact) mass is 396 g/mol. The van der Waals surface area contributed by atoms with E-state index in [1.54, 1.807) is 24.3 Å². The Hall–Kier alpha value is -3.15. The van der Waals surface area contributed by atoms with Gasteiger partial charge >= 0.3 is 0 Å². The van der Waals surface area contributed by atoms with E-state index in [2.05, 4.69) is 5.32 Å². The van der Waals surface area contributed by atoms with Crippen LogP contribution in [0.1, 0.15) is 33.3 Å². The third kappa shape index (κ3) is 4.65. The van der Waals surface area contributed by atoms with Crippen molar-refractivity contribution in [2.24, 2.45) is 5.92 Å². The first kappa shape index (κ1) is 20.6. The van der Waals surface area contributed by atoms with Gasteiger partial charge in [0.15, 0.2) is 0 Å². The molecule has 29 heavy (non-hydrogen) atoms. The molecule has 0 aliphatic carbocycles. The number of carbonyl (C=O) groups is 2. The van der Waals surface area contributed by atoms with Crippen LogP contribution in [-0.4, -0.2) is 29.4 Å². The molecule has 1 N–H and O–H groups in total. The molecule has 0 unspecified atom stereocenters. The largest absolute Gasteiger partial charge is 0.491 e. The summed E-state index contributed by atoms with van der Waals surface area (Å²) in [5.74, 6) is -0.318. The highest BCUT2D eigenvalue weighted by Gasteiger charge is 2.39. The number of nitrogens with zero attached hydrogens (tertiary/aromatic N) is 1. The van der Waals surface area contributed by atoms with E-state index in [4.69, 9.17) is 4.74 Å². The molecular weight excluding hydrogens is 371 g/mol. The van der Waals surface area contributed by atoms with Crippen molar-refractivity contribution in [2.45, 2.75) is 33.8 Å². The van der Waals surface area contributed by atoms with Crippen molar-refractivity contribution in [1.82, 2.24) is 4.90 Å². The standard InChI is InChI=1S/C23H25FN2O3/c1-14(2)13-26-22(27)20(16-5-7-17(24)8-6-16)21(23(26)28)25-18-9-11-19(12-10-18)29-15(3)4/h5-12,14-15,25H,13H2,1-4H3. The van der Waals surface area contributed by atoms with Crippen LogP contribution < -0.4 is 10.1 Å². The van der Waals surface area contributed by atoms with Crippen molar-refractivity contribution in [1.29, 1.82) is 0 Å². The van der Waals surface area contributed by atoms with Crippen molar-refractivity contribution >= 4 is 23.1 Å². The number of halogens is 1. The van der Waals surface area contributed by atoms with Gasteiger partial charge in [0.05, 0.1) is 11.7 Å². The van der Waals surface area contributed by atoms with Crippen LogP contribution in [0.25, 0.3) is 5.57 Å². The first-order chi connectivity index (χ1) is 13.8. The molecule has 0 aromatic heterocycles. The molecule has 0 radical (unpaired) electrons. The van der Waals surface area contributed by atoms with Crippen LogP contribution in [0.3, 0.4) is 0 Å². The molecule has 2 amide bonds. The molecule has 2 aromatic carbocycles. The zero-order chi connectivity index (χ0) is 21.1. The molecule has 5 nitrogen and oxygen atoms in total. The smallest absolute Gasteiger partial charge is 0.278 e. The summed E-state index contributed by atoms with van der Waals surface area (Å²) in [6, 6.07) is 12.8. The average Bonchev–Trinajstić information content (AvgIpc) is 2.88. The molecule has 152 valence electrons. The Bertz CT molecular complexity index is 932. The van der Waals surface area contributed by atoms with Crippen LogP contribution in [0.4, 0.5) is 10.1 Å². The summed E-state index contributed by atoms with van der Waals surface area (Å²) in [6.07, 6.45) is 0.0558. The maximum atomic E-state index is 13.4. The number of imide groups is 1. The van der Waals surface area contributed by atoms with Gasteiger partial charge in [-0.3, -0.25) is 14.5 Å². The lowest BCUT2D eigenvalue weighted by atomic mass is 10.0. The first-order valence-electron chi connectivity index (χ1n) is 9.66. The minimum absolute atomic E-state index is 0.0558. The fourth-order valence-electron chi connectivity index (χ4n) is 3.14.